The lowest BCUT2D eigenvalue weighted by molar-refractivity contribution is -0.141. The van der Waals surface area contributed by atoms with E-state index in [2.05, 4.69) is 23.3 Å². The zero-order valence-electron chi connectivity index (χ0n) is 21.7. The van der Waals surface area contributed by atoms with Gasteiger partial charge >= 0.3 is 6.09 Å². The first-order chi connectivity index (χ1) is 17.4. The molecular weight excluding hydrogens is 494 g/mol. The van der Waals surface area contributed by atoms with Crippen LogP contribution in [0.25, 0.3) is 0 Å². The van der Waals surface area contributed by atoms with Gasteiger partial charge in [-0.2, -0.15) is 12.6 Å². The normalized spacial score (nSPS) is 18.2. The molecule has 0 radical (unpaired) electrons. The number of hydrogen-bond acceptors (Lipinski definition) is 7. The van der Waals surface area contributed by atoms with Crippen molar-refractivity contribution in [1.82, 2.24) is 10.2 Å². The minimum absolute atomic E-state index is 0.0120. The summed E-state index contributed by atoms with van der Waals surface area (Å²) in [6, 6.07) is 10.8. The number of carbonyl (C=O) groups is 3. The zero-order valence-corrected chi connectivity index (χ0v) is 22.6. The molecule has 0 heterocycles. The number of methoxy groups -OCH3 is 1. The van der Waals surface area contributed by atoms with E-state index in [0.717, 1.165) is 0 Å². The average molecular weight is 530 g/mol. The van der Waals surface area contributed by atoms with Crippen LogP contribution >= 0.6 is 12.6 Å². The maximum Gasteiger partial charge on any atom is 0.408 e. The van der Waals surface area contributed by atoms with Crippen LogP contribution in [0.4, 0.5) is 10.5 Å². The SMILES string of the molecule is COc1ccc(NC(=O)C(c2ccc(O)cc2)N(C(=O)C(CS)NC(=O)OC(C)(C)C)C2CC2C)cc1. The van der Waals surface area contributed by atoms with Crippen LogP contribution < -0.4 is 15.4 Å². The molecule has 0 saturated heterocycles. The number of alkyl carbamates (subject to hydrolysis) is 1. The van der Waals surface area contributed by atoms with Crippen molar-refractivity contribution in [2.75, 3.05) is 18.2 Å². The van der Waals surface area contributed by atoms with Gasteiger partial charge in [-0.1, -0.05) is 19.1 Å². The molecule has 1 aliphatic rings. The third-order valence-electron chi connectivity index (χ3n) is 5.94. The van der Waals surface area contributed by atoms with Gasteiger partial charge in [0, 0.05) is 17.5 Å². The number of ether oxygens (including phenoxy) is 2. The number of rotatable bonds is 9. The first-order valence-corrected chi connectivity index (χ1v) is 12.7. The van der Waals surface area contributed by atoms with Crippen LogP contribution in [0.2, 0.25) is 0 Å². The smallest absolute Gasteiger partial charge is 0.408 e. The van der Waals surface area contributed by atoms with Gasteiger partial charge in [0.05, 0.1) is 7.11 Å². The predicted octanol–water partition coefficient (Wildman–Crippen LogP) is 4.14. The Morgan fingerprint density at radius 2 is 1.70 bits per heavy atom. The standard InChI is InChI=1S/C27H35N3O6S/c1-16-14-22(16)30(25(33)21(15-37)29-26(34)36-27(2,3)4)23(17-6-10-19(31)11-7-17)24(32)28-18-8-12-20(35-5)13-9-18/h6-13,16,21-23,31,37H,14-15H2,1-5H3,(H,28,32)(H,29,34). The molecule has 10 heteroatoms. The van der Waals surface area contributed by atoms with E-state index in [-0.39, 0.29) is 23.5 Å². The van der Waals surface area contributed by atoms with Gasteiger partial charge < -0.3 is 30.1 Å². The van der Waals surface area contributed by atoms with Crippen LogP contribution in [0.5, 0.6) is 11.5 Å². The van der Waals surface area contributed by atoms with E-state index in [1.54, 1.807) is 64.3 Å². The fourth-order valence-corrected chi connectivity index (χ4v) is 4.21. The minimum Gasteiger partial charge on any atom is -0.508 e. The second-order valence-corrected chi connectivity index (χ2v) is 10.5. The molecule has 0 bridgehead atoms. The molecule has 2 aromatic carbocycles. The molecule has 3 rings (SSSR count). The number of nitrogens with one attached hydrogen (secondary N) is 2. The van der Waals surface area contributed by atoms with Crippen molar-refractivity contribution < 1.29 is 29.0 Å². The van der Waals surface area contributed by atoms with Crippen LogP contribution in [0.15, 0.2) is 48.5 Å². The van der Waals surface area contributed by atoms with Crippen molar-refractivity contribution in [3.63, 3.8) is 0 Å². The molecular formula is C27H35N3O6S. The highest BCUT2D eigenvalue weighted by Gasteiger charge is 2.48. The van der Waals surface area contributed by atoms with Gasteiger partial charge in [-0.15, -0.1) is 0 Å². The molecule has 4 atom stereocenters. The molecule has 4 unspecified atom stereocenters. The molecule has 0 aliphatic heterocycles. The predicted molar refractivity (Wildman–Crippen MR) is 144 cm³/mol. The molecule has 0 aromatic heterocycles. The number of aromatic hydroxyl groups is 1. The Balaban J connectivity index is 1.95. The zero-order chi connectivity index (χ0) is 27.3. The van der Waals surface area contributed by atoms with Gasteiger partial charge in [-0.3, -0.25) is 9.59 Å². The fourth-order valence-electron chi connectivity index (χ4n) is 3.97. The summed E-state index contributed by atoms with van der Waals surface area (Å²) in [4.78, 5) is 41.6. The number of benzene rings is 2. The van der Waals surface area contributed by atoms with E-state index in [1.165, 1.54) is 17.0 Å². The molecule has 9 nitrogen and oxygen atoms in total. The topological polar surface area (TPSA) is 117 Å². The van der Waals surface area contributed by atoms with Gasteiger partial charge in [-0.25, -0.2) is 4.79 Å². The van der Waals surface area contributed by atoms with E-state index in [9.17, 15) is 19.5 Å². The first kappa shape index (κ1) is 28.2. The summed E-state index contributed by atoms with van der Waals surface area (Å²) >= 11 is 4.30. The monoisotopic (exact) mass is 529 g/mol. The van der Waals surface area contributed by atoms with Gasteiger partial charge in [0.1, 0.15) is 29.2 Å². The summed E-state index contributed by atoms with van der Waals surface area (Å²) in [6.45, 7) is 7.18. The molecule has 37 heavy (non-hydrogen) atoms. The molecule has 3 N–H and O–H groups in total. The summed E-state index contributed by atoms with van der Waals surface area (Å²) in [5.41, 5.74) is 0.307. The Labute approximate surface area is 222 Å². The molecule has 3 amide bonds. The van der Waals surface area contributed by atoms with E-state index in [4.69, 9.17) is 9.47 Å². The number of hydrogen-bond donors (Lipinski definition) is 4. The van der Waals surface area contributed by atoms with Gasteiger partial charge in [0.2, 0.25) is 5.91 Å². The van der Waals surface area contributed by atoms with Crippen molar-refractivity contribution in [2.45, 2.75) is 57.8 Å². The van der Waals surface area contributed by atoms with Crippen molar-refractivity contribution in [3.05, 3.63) is 54.1 Å². The quantitative estimate of drug-likeness (QED) is 0.363. The van der Waals surface area contributed by atoms with E-state index >= 15 is 0 Å². The van der Waals surface area contributed by atoms with E-state index < -0.39 is 35.6 Å². The molecule has 1 aliphatic carbocycles. The Hall–Kier alpha value is -3.40. The Bertz CT molecular complexity index is 1100. The highest BCUT2D eigenvalue weighted by molar-refractivity contribution is 7.80. The lowest BCUT2D eigenvalue weighted by Crippen LogP contribution is -2.54. The van der Waals surface area contributed by atoms with Crippen LogP contribution in [0, 0.1) is 5.92 Å². The fraction of sp³-hybridized carbons (Fsp3) is 0.444. The van der Waals surface area contributed by atoms with Crippen LogP contribution in [-0.2, 0) is 14.3 Å². The lowest BCUT2D eigenvalue weighted by atomic mass is 10.0. The summed E-state index contributed by atoms with van der Waals surface area (Å²) in [5, 5.41) is 15.3. The van der Waals surface area contributed by atoms with Crippen LogP contribution in [0.3, 0.4) is 0 Å². The van der Waals surface area contributed by atoms with Crippen molar-refractivity contribution in [1.29, 1.82) is 0 Å². The van der Waals surface area contributed by atoms with E-state index in [0.29, 0.717) is 23.4 Å². The Morgan fingerprint density at radius 3 is 2.19 bits per heavy atom. The molecule has 0 spiro atoms. The molecule has 1 saturated carbocycles. The maximum absolute atomic E-state index is 13.9. The Kier molecular flexibility index (Phi) is 8.96. The van der Waals surface area contributed by atoms with Gasteiger partial charge in [-0.05, 0) is 75.1 Å². The van der Waals surface area contributed by atoms with Crippen molar-refractivity contribution in [3.8, 4) is 11.5 Å². The number of nitrogens with zero attached hydrogens (tertiary/aromatic N) is 1. The molecule has 1 fully saturated rings. The number of phenolic OH excluding ortho intramolecular Hbond substituents is 1. The van der Waals surface area contributed by atoms with Crippen molar-refractivity contribution in [2.24, 2.45) is 5.92 Å². The highest BCUT2D eigenvalue weighted by Crippen LogP contribution is 2.41. The summed E-state index contributed by atoms with van der Waals surface area (Å²) < 4.78 is 10.5. The van der Waals surface area contributed by atoms with Crippen molar-refractivity contribution >= 4 is 36.2 Å². The summed E-state index contributed by atoms with van der Waals surface area (Å²) in [6.07, 6.45) is -0.0328. The number of amides is 3. The number of anilines is 1. The third kappa shape index (κ3) is 7.55. The molecule has 2 aromatic rings. The van der Waals surface area contributed by atoms with Crippen LogP contribution in [-0.4, -0.2) is 58.5 Å². The number of carbonyl (C=O) groups excluding carboxylic acids is 3. The van der Waals surface area contributed by atoms with E-state index in [1.807, 2.05) is 6.92 Å². The maximum atomic E-state index is 13.9. The minimum atomic E-state index is -1.02. The van der Waals surface area contributed by atoms with Gasteiger partial charge in [0.15, 0.2) is 0 Å². The third-order valence-corrected chi connectivity index (χ3v) is 6.31. The average Bonchev–Trinajstić information content (AvgIpc) is 3.56. The second-order valence-electron chi connectivity index (χ2n) is 10.1. The highest BCUT2D eigenvalue weighted by atomic mass is 32.1. The number of thiol groups is 1. The number of phenols is 1. The van der Waals surface area contributed by atoms with Crippen LogP contribution in [0.1, 0.15) is 45.7 Å². The van der Waals surface area contributed by atoms with Gasteiger partial charge in [0.25, 0.3) is 5.91 Å². The Morgan fingerprint density at radius 1 is 1.11 bits per heavy atom. The largest absolute Gasteiger partial charge is 0.508 e. The summed E-state index contributed by atoms with van der Waals surface area (Å²) in [5.74, 6) is -0.0221. The lowest BCUT2D eigenvalue weighted by Gasteiger charge is -2.34. The second kappa shape index (κ2) is 11.8. The molecule has 200 valence electrons. The summed E-state index contributed by atoms with van der Waals surface area (Å²) in [7, 11) is 1.55. The first-order valence-electron chi connectivity index (χ1n) is 12.1.